The first-order valence-electron chi connectivity index (χ1n) is 2.47. The van der Waals surface area contributed by atoms with Crippen LogP contribution < -0.4 is 5.73 Å². The minimum atomic E-state index is -4.94. The molecule has 10 heteroatoms. The lowest BCUT2D eigenvalue weighted by Gasteiger charge is -2.10. The Morgan fingerprint density at radius 3 is 1.92 bits per heavy atom. The van der Waals surface area contributed by atoms with E-state index in [0.29, 0.717) is 0 Å². The van der Waals surface area contributed by atoms with Crippen LogP contribution in [0.15, 0.2) is 0 Å². The van der Waals surface area contributed by atoms with E-state index in [1.807, 2.05) is 0 Å². The number of hydrogen-bond donors (Lipinski definition) is 4. The molecule has 0 bridgehead atoms. The molecule has 0 saturated heterocycles. The van der Waals surface area contributed by atoms with Gasteiger partial charge in [0.1, 0.15) is 6.23 Å². The molecule has 8 nitrogen and oxygen atoms in total. The van der Waals surface area contributed by atoms with Crippen LogP contribution in [-0.2, 0) is 25.3 Å². The van der Waals surface area contributed by atoms with Crippen molar-refractivity contribution in [3.8, 4) is 0 Å². The molecule has 0 aromatic heterocycles. The summed E-state index contributed by atoms with van der Waals surface area (Å²) in [5.41, 5.74) is 2.44. The largest absolute Gasteiger partial charge is 0.398 e. The van der Waals surface area contributed by atoms with E-state index in [-0.39, 0.29) is 0 Å². The topological polar surface area (TPSA) is 144 Å². The second kappa shape index (κ2) is 4.11. The van der Waals surface area contributed by atoms with Crippen molar-refractivity contribution in [1.29, 1.82) is 0 Å². The molecule has 0 radical (unpaired) electrons. The monoisotopic (exact) mass is 221 g/mol. The highest BCUT2D eigenvalue weighted by Gasteiger charge is 2.25. The summed E-state index contributed by atoms with van der Waals surface area (Å²) in [5, 5.41) is 8.44. The first-order chi connectivity index (χ1) is 5.24. The van der Waals surface area contributed by atoms with Crippen LogP contribution in [0.1, 0.15) is 0 Å². The van der Waals surface area contributed by atoms with E-state index in [4.69, 9.17) is 9.66 Å². The smallest absolute Gasteiger partial charge is 0.375 e. The Balaban J connectivity index is 4.58. The molecule has 0 amide bonds. The summed E-state index contributed by atoms with van der Waals surface area (Å²) in [4.78, 5) is 0. The minimum Gasteiger partial charge on any atom is -0.375 e. The van der Waals surface area contributed by atoms with Gasteiger partial charge in [-0.05, 0) is 0 Å². The van der Waals surface area contributed by atoms with Gasteiger partial charge >= 0.3 is 10.4 Å². The molecule has 0 aliphatic heterocycles. The van der Waals surface area contributed by atoms with E-state index in [0.717, 1.165) is 0 Å². The zero-order chi connectivity index (χ0) is 9.94. The maximum absolute atomic E-state index is 10.1. The van der Waals surface area contributed by atoms with E-state index in [9.17, 15) is 16.8 Å². The van der Waals surface area contributed by atoms with Crippen LogP contribution in [0, 0.1) is 0 Å². The Morgan fingerprint density at radius 1 is 1.42 bits per heavy atom. The predicted molar refractivity (Wildman–Crippen MR) is 36.9 cm³/mol. The van der Waals surface area contributed by atoms with Crippen molar-refractivity contribution in [3.05, 3.63) is 0 Å². The zero-order valence-corrected chi connectivity index (χ0v) is 7.23. The van der Waals surface area contributed by atoms with Gasteiger partial charge in [0.15, 0.2) is 10.7 Å². The fourth-order valence-corrected chi connectivity index (χ4v) is 1.56. The van der Waals surface area contributed by atoms with E-state index in [2.05, 4.69) is 9.92 Å². The van der Waals surface area contributed by atoms with Gasteiger partial charge in [-0.25, -0.2) is 12.6 Å². The Morgan fingerprint density at radius 2 is 1.83 bits per heavy atom. The number of hydrogen-bond acceptors (Lipinski definition) is 7. The molecule has 0 heterocycles. The average molecular weight is 221 g/mol. The summed E-state index contributed by atoms with van der Waals surface area (Å²) in [6.07, 6.45) is -2.03. The Bertz CT molecular complexity index is 293. The highest BCUT2D eigenvalue weighted by Crippen LogP contribution is 2.00. The Hall–Kier alpha value is -0.260. The molecule has 4 N–H and O–H groups in total. The molecule has 0 aliphatic rings. The van der Waals surface area contributed by atoms with E-state index in [1.165, 1.54) is 0 Å². The molecule has 0 aliphatic carbocycles. The fraction of sp³-hybridized carbons (Fsp3) is 1.00. The fourth-order valence-electron chi connectivity index (χ4n) is 0.341. The first-order valence-corrected chi connectivity index (χ1v) is 5.08. The van der Waals surface area contributed by atoms with Crippen LogP contribution in [0.4, 0.5) is 0 Å². The standard InChI is InChI=1S/C2H7NO7S2/c3-1(4)2(11(5)6)10-12(7,8)9/h1-2,4,11H,3H2,(H,7,8,9). The molecule has 2 atom stereocenters. The van der Waals surface area contributed by atoms with Crippen molar-refractivity contribution in [1.82, 2.24) is 0 Å². The third-order valence-electron chi connectivity index (χ3n) is 0.720. The number of rotatable bonds is 4. The molecular formula is C2H7NO7S2. The zero-order valence-electron chi connectivity index (χ0n) is 5.52. The van der Waals surface area contributed by atoms with E-state index >= 15 is 0 Å². The van der Waals surface area contributed by atoms with Crippen LogP contribution in [0.5, 0.6) is 0 Å². The van der Waals surface area contributed by atoms with Crippen molar-refractivity contribution in [3.63, 3.8) is 0 Å². The van der Waals surface area contributed by atoms with Crippen LogP contribution in [-0.4, -0.2) is 38.2 Å². The summed E-state index contributed by atoms with van der Waals surface area (Å²) in [7, 11) is -8.34. The number of thiol groups is 1. The van der Waals surface area contributed by atoms with E-state index in [1.54, 1.807) is 0 Å². The second-order valence-electron chi connectivity index (χ2n) is 1.69. The van der Waals surface area contributed by atoms with Gasteiger partial charge in [0.2, 0.25) is 5.44 Å². The molecular weight excluding hydrogens is 214 g/mol. The van der Waals surface area contributed by atoms with Crippen LogP contribution in [0.2, 0.25) is 0 Å². The van der Waals surface area contributed by atoms with Gasteiger partial charge in [-0.15, -0.1) is 0 Å². The lowest BCUT2D eigenvalue weighted by Crippen LogP contribution is -2.38. The quantitative estimate of drug-likeness (QED) is 0.223. The summed E-state index contributed by atoms with van der Waals surface area (Å²) < 4.78 is 51.6. The SMILES string of the molecule is NC(O)C(OS(=O)(=O)O)[SH](=O)=O. The van der Waals surface area contributed by atoms with Gasteiger partial charge in [-0.3, -0.25) is 4.55 Å². The van der Waals surface area contributed by atoms with Crippen molar-refractivity contribution in [2.45, 2.75) is 11.7 Å². The van der Waals surface area contributed by atoms with Gasteiger partial charge in [0.05, 0.1) is 0 Å². The average Bonchev–Trinajstić information content (AvgIpc) is 1.79. The van der Waals surface area contributed by atoms with Gasteiger partial charge < -0.3 is 10.8 Å². The normalized spacial score (nSPS) is 17.7. The van der Waals surface area contributed by atoms with Crippen molar-refractivity contribution in [2.75, 3.05) is 0 Å². The Labute approximate surface area is 69.8 Å². The van der Waals surface area contributed by atoms with Gasteiger partial charge in [0, 0.05) is 0 Å². The van der Waals surface area contributed by atoms with Gasteiger partial charge in [0.25, 0.3) is 0 Å². The van der Waals surface area contributed by atoms with Crippen LogP contribution in [0.25, 0.3) is 0 Å². The number of nitrogens with two attached hydrogens (primary N) is 1. The number of aliphatic hydroxyl groups is 1. The van der Waals surface area contributed by atoms with Crippen LogP contribution in [0.3, 0.4) is 0 Å². The molecule has 2 unspecified atom stereocenters. The van der Waals surface area contributed by atoms with Gasteiger partial charge in [-0.1, -0.05) is 0 Å². The minimum absolute atomic E-state index is 2.03. The molecule has 74 valence electrons. The molecule has 0 spiro atoms. The van der Waals surface area contributed by atoms with Crippen molar-refractivity contribution in [2.24, 2.45) is 5.73 Å². The van der Waals surface area contributed by atoms with Crippen molar-refractivity contribution >= 4 is 21.1 Å². The van der Waals surface area contributed by atoms with Crippen LogP contribution >= 0.6 is 0 Å². The van der Waals surface area contributed by atoms with Crippen molar-refractivity contribution < 1.29 is 30.7 Å². The third kappa shape index (κ3) is 4.58. The predicted octanol–water partition coefficient (Wildman–Crippen LogP) is -2.98. The Kier molecular flexibility index (Phi) is 4.02. The summed E-state index contributed by atoms with van der Waals surface area (Å²) >= 11 is 0. The first kappa shape index (κ1) is 11.7. The summed E-state index contributed by atoms with van der Waals surface area (Å²) in [6, 6.07) is 0. The summed E-state index contributed by atoms with van der Waals surface area (Å²) in [6.45, 7) is 0. The van der Waals surface area contributed by atoms with E-state index < -0.39 is 32.8 Å². The maximum atomic E-state index is 10.1. The summed E-state index contributed by atoms with van der Waals surface area (Å²) in [5.74, 6) is 0. The highest BCUT2D eigenvalue weighted by atomic mass is 32.3. The molecule has 0 rings (SSSR count). The molecule has 0 fully saturated rings. The molecule has 12 heavy (non-hydrogen) atoms. The molecule has 0 saturated carbocycles. The molecule has 0 aromatic carbocycles. The third-order valence-corrected chi connectivity index (χ3v) is 2.14. The van der Waals surface area contributed by atoms with Gasteiger partial charge in [-0.2, -0.15) is 8.42 Å². The highest BCUT2D eigenvalue weighted by molar-refractivity contribution is 7.82. The second-order valence-corrected chi connectivity index (χ2v) is 3.82. The molecule has 0 aromatic rings. The maximum Gasteiger partial charge on any atom is 0.398 e. The number of aliphatic hydroxyl groups excluding tert-OH is 1. The lowest BCUT2D eigenvalue weighted by molar-refractivity contribution is 0.0839. The lowest BCUT2D eigenvalue weighted by atomic mass is 10.6.